The topological polar surface area (TPSA) is 70.2 Å². The highest BCUT2D eigenvalue weighted by Crippen LogP contribution is 2.23. The standard InChI is InChI=1S/C19H23N3O2/c1-13(23)20-16-6-5-7-17(12-16)21-14-8-10-15(11-9-14)22-18(24)19(2,3)4/h5-12,21H,1-4H3,(H,20,23)(H,22,24). The molecule has 2 rings (SSSR count). The number of carbonyl (C=O) groups is 2. The zero-order chi connectivity index (χ0) is 17.7. The Kier molecular flexibility index (Phi) is 5.24. The van der Waals surface area contributed by atoms with Crippen molar-refractivity contribution in [1.29, 1.82) is 0 Å². The second-order valence-electron chi connectivity index (χ2n) is 6.67. The third kappa shape index (κ3) is 5.12. The summed E-state index contributed by atoms with van der Waals surface area (Å²) in [6.07, 6.45) is 0. The average molecular weight is 325 g/mol. The first-order valence-electron chi connectivity index (χ1n) is 7.80. The number of benzene rings is 2. The van der Waals surface area contributed by atoms with E-state index in [0.717, 1.165) is 22.7 Å². The molecule has 0 aliphatic carbocycles. The van der Waals surface area contributed by atoms with Gasteiger partial charge in [-0.25, -0.2) is 0 Å². The maximum absolute atomic E-state index is 12.0. The maximum atomic E-state index is 12.0. The van der Waals surface area contributed by atoms with E-state index in [1.54, 1.807) is 0 Å². The fraction of sp³-hybridized carbons (Fsp3) is 0.263. The van der Waals surface area contributed by atoms with Gasteiger partial charge in [0.05, 0.1) is 0 Å². The van der Waals surface area contributed by atoms with Crippen molar-refractivity contribution >= 4 is 34.6 Å². The molecule has 0 unspecified atom stereocenters. The van der Waals surface area contributed by atoms with Gasteiger partial charge < -0.3 is 16.0 Å². The maximum Gasteiger partial charge on any atom is 0.229 e. The van der Waals surface area contributed by atoms with Crippen molar-refractivity contribution in [2.75, 3.05) is 16.0 Å². The van der Waals surface area contributed by atoms with Crippen LogP contribution in [-0.4, -0.2) is 11.8 Å². The summed E-state index contributed by atoms with van der Waals surface area (Å²) in [5.41, 5.74) is 2.83. The van der Waals surface area contributed by atoms with E-state index in [-0.39, 0.29) is 11.8 Å². The number of nitrogens with one attached hydrogen (secondary N) is 3. The fourth-order valence-corrected chi connectivity index (χ4v) is 2.00. The molecule has 5 nitrogen and oxygen atoms in total. The van der Waals surface area contributed by atoms with Crippen LogP contribution in [0.3, 0.4) is 0 Å². The summed E-state index contributed by atoms with van der Waals surface area (Å²) in [4.78, 5) is 23.1. The van der Waals surface area contributed by atoms with Gasteiger partial charge in [-0.15, -0.1) is 0 Å². The van der Waals surface area contributed by atoms with Crippen LogP contribution < -0.4 is 16.0 Å². The largest absolute Gasteiger partial charge is 0.355 e. The van der Waals surface area contributed by atoms with E-state index in [1.165, 1.54) is 6.92 Å². The summed E-state index contributed by atoms with van der Waals surface area (Å²) in [6, 6.07) is 15.0. The fourth-order valence-electron chi connectivity index (χ4n) is 2.00. The van der Waals surface area contributed by atoms with E-state index in [0.29, 0.717) is 0 Å². The number of rotatable bonds is 4. The molecule has 0 heterocycles. The molecule has 0 spiro atoms. The molecule has 0 aromatic heterocycles. The molecule has 2 aromatic rings. The minimum absolute atomic E-state index is 0.0220. The summed E-state index contributed by atoms with van der Waals surface area (Å²) in [5, 5.41) is 8.90. The molecule has 126 valence electrons. The first-order valence-corrected chi connectivity index (χ1v) is 7.80. The van der Waals surface area contributed by atoms with Crippen LogP contribution >= 0.6 is 0 Å². The highest BCUT2D eigenvalue weighted by Gasteiger charge is 2.20. The number of carbonyl (C=O) groups excluding carboxylic acids is 2. The normalized spacial score (nSPS) is 10.8. The van der Waals surface area contributed by atoms with Gasteiger partial charge in [-0.05, 0) is 42.5 Å². The Morgan fingerprint density at radius 1 is 0.792 bits per heavy atom. The molecule has 2 aromatic carbocycles. The predicted octanol–water partition coefficient (Wildman–Crippen LogP) is 4.37. The summed E-state index contributed by atoms with van der Waals surface area (Å²) >= 11 is 0. The Balaban J connectivity index is 2.04. The van der Waals surface area contributed by atoms with Crippen molar-refractivity contribution in [2.24, 2.45) is 5.41 Å². The molecule has 24 heavy (non-hydrogen) atoms. The molecule has 0 atom stereocenters. The lowest BCUT2D eigenvalue weighted by Gasteiger charge is -2.17. The molecule has 0 saturated carbocycles. The zero-order valence-corrected chi connectivity index (χ0v) is 14.4. The summed E-state index contributed by atoms with van der Waals surface area (Å²) in [5.74, 6) is -0.127. The summed E-state index contributed by atoms with van der Waals surface area (Å²) in [6.45, 7) is 7.10. The Morgan fingerprint density at radius 3 is 1.96 bits per heavy atom. The van der Waals surface area contributed by atoms with Crippen molar-refractivity contribution in [3.05, 3.63) is 48.5 Å². The lowest BCUT2D eigenvalue weighted by Crippen LogP contribution is -2.27. The van der Waals surface area contributed by atoms with Gasteiger partial charge in [0.2, 0.25) is 11.8 Å². The van der Waals surface area contributed by atoms with Crippen LogP contribution in [0.1, 0.15) is 27.7 Å². The van der Waals surface area contributed by atoms with Crippen LogP contribution in [0.4, 0.5) is 22.7 Å². The highest BCUT2D eigenvalue weighted by atomic mass is 16.2. The van der Waals surface area contributed by atoms with E-state index in [9.17, 15) is 9.59 Å². The van der Waals surface area contributed by atoms with Gasteiger partial charge in [0.25, 0.3) is 0 Å². The quantitative estimate of drug-likeness (QED) is 0.781. The van der Waals surface area contributed by atoms with Crippen molar-refractivity contribution in [3.8, 4) is 0 Å². The smallest absolute Gasteiger partial charge is 0.229 e. The van der Waals surface area contributed by atoms with Gasteiger partial charge in [-0.1, -0.05) is 26.8 Å². The molecule has 2 amide bonds. The molecule has 3 N–H and O–H groups in total. The second-order valence-corrected chi connectivity index (χ2v) is 6.67. The number of amides is 2. The van der Waals surface area contributed by atoms with Gasteiger partial charge in [0.15, 0.2) is 0 Å². The van der Waals surface area contributed by atoms with Gasteiger partial charge in [0, 0.05) is 35.1 Å². The SMILES string of the molecule is CC(=O)Nc1cccc(Nc2ccc(NC(=O)C(C)(C)C)cc2)c1. The Hall–Kier alpha value is -2.82. The van der Waals surface area contributed by atoms with Crippen LogP contribution in [0.15, 0.2) is 48.5 Å². The van der Waals surface area contributed by atoms with Crippen LogP contribution in [0, 0.1) is 5.41 Å². The van der Waals surface area contributed by atoms with Crippen molar-refractivity contribution in [2.45, 2.75) is 27.7 Å². The van der Waals surface area contributed by atoms with Crippen molar-refractivity contribution < 1.29 is 9.59 Å². The first kappa shape index (κ1) is 17.5. The summed E-state index contributed by atoms with van der Waals surface area (Å²) in [7, 11) is 0. The Labute approximate surface area is 142 Å². The average Bonchev–Trinajstić information content (AvgIpc) is 2.48. The molecule has 0 aliphatic rings. The molecule has 0 fully saturated rings. The Bertz CT molecular complexity index is 731. The molecule has 5 heteroatoms. The van der Waals surface area contributed by atoms with Crippen molar-refractivity contribution in [3.63, 3.8) is 0 Å². The molecule has 0 radical (unpaired) electrons. The highest BCUT2D eigenvalue weighted by molar-refractivity contribution is 5.94. The van der Waals surface area contributed by atoms with E-state index in [2.05, 4.69) is 16.0 Å². The second kappa shape index (κ2) is 7.17. The minimum Gasteiger partial charge on any atom is -0.355 e. The molecule has 0 bridgehead atoms. The molecule has 0 aliphatic heterocycles. The van der Waals surface area contributed by atoms with Gasteiger partial charge in [-0.2, -0.15) is 0 Å². The molecule has 0 saturated heterocycles. The third-order valence-corrected chi connectivity index (χ3v) is 3.30. The van der Waals surface area contributed by atoms with Gasteiger partial charge in [0.1, 0.15) is 0 Å². The third-order valence-electron chi connectivity index (χ3n) is 3.30. The molecular formula is C19H23N3O2. The van der Waals surface area contributed by atoms with E-state index >= 15 is 0 Å². The number of anilines is 4. The van der Waals surface area contributed by atoms with Crippen LogP contribution in [0.25, 0.3) is 0 Å². The number of hydrogen-bond donors (Lipinski definition) is 3. The lowest BCUT2D eigenvalue weighted by atomic mass is 9.95. The van der Waals surface area contributed by atoms with Crippen LogP contribution in [-0.2, 0) is 9.59 Å². The zero-order valence-electron chi connectivity index (χ0n) is 14.4. The number of hydrogen-bond acceptors (Lipinski definition) is 3. The van der Waals surface area contributed by atoms with Gasteiger partial charge in [-0.3, -0.25) is 9.59 Å². The predicted molar refractivity (Wildman–Crippen MR) is 98.6 cm³/mol. The minimum atomic E-state index is -0.429. The monoisotopic (exact) mass is 325 g/mol. The van der Waals surface area contributed by atoms with Crippen LogP contribution in [0.2, 0.25) is 0 Å². The van der Waals surface area contributed by atoms with E-state index in [4.69, 9.17) is 0 Å². The van der Waals surface area contributed by atoms with Gasteiger partial charge >= 0.3 is 0 Å². The molecular weight excluding hydrogens is 302 g/mol. The Morgan fingerprint density at radius 2 is 1.38 bits per heavy atom. The van der Waals surface area contributed by atoms with E-state index < -0.39 is 5.41 Å². The van der Waals surface area contributed by atoms with Crippen molar-refractivity contribution in [1.82, 2.24) is 0 Å². The van der Waals surface area contributed by atoms with E-state index in [1.807, 2.05) is 69.3 Å². The van der Waals surface area contributed by atoms with Crippen LogP contribution in [0.5, 0.6) is 0 Å². The summed E-state index contributed by atoms with van der Waals surface area (Å²) < 4.78 is 0. The first-order chi connectivity index (χ1) is 11.2. The lowest BCUT2D eigenvalue weighted by molar-refractivity contribution is -0.123.